The van der Waals surface area contributed by atoms with Gasteiger partial charge >= 0.3 is 5.63 Å². The summed E-state index contributed by atoms with van der Waals surface area (Å²) in [6.45, 7) is -0.0499. The van der Waals surface area contributed by atoms with Crippen LogP contribution in [0.5, 0.6) is 5.75 Å². The fraction of sp³-hybridized carbons (Fsp3) is 0.444. The molecule has 2 bridgehead atoms. The van der Waals surface area contributed by atoms with E-state index in [0.29, 0.717) is 24.2 Å². The van der Waals surface area contributed by atoms with Crippen molar-refractivity contribution in [3.63, 3.8) is 0 Å². The third-order valence-corrected chi connectivity index (χ3v) is 4.95. The maximum Gasteiger partial charge on any atom is 0.336 e. The summed E-state index contributed by atoms with van der Waals surface area (Å²) in [6.07, 6.45) is 2.92. The lowest BCUT2D eigenvalue weighted by atomic mass is 10.00. The van der Waals surface area contributed by atoms with Crippen LogP contribution in [0.3, 0.4) is 0 Å². The second-order valence-electron chi connectivity index (χ2n) is 6.55. The summed E-state index contributed by atoms with van der Waals surface area (Å²) in [6, 6.07) is 8.48. The Balaban J connectivity index is 1.45. The van der Waals surface area contributed by atoms with Crippen LogP contribution in [0.15, 0.2) is 39.5 Å². The van der Waals surface area contributed by atoms with Gasteiger partial charge in [-0.15, -0.1) is 0 Å². The van der Waals surface area contributed by atoms with Crippen molar-refractivity contribution in [2.75, 3.05) is 6.61 Å². The molecular formula is C18H19NO5. The third-order valence-electron chi connectivity index (χ3n) is 4.95. The van der Waals surface area contributed by atoms with Crippen LogP contribution in [0.1, 0.15) is 25.7 Å². The van der Waals surface area contributed by atoms with Crippen LogP contribution < -0.4 is 10.4 Å². The van der Waals surface area contributed by atoms with Gasteiger partial charge in [-0.3, -0.25) is 4.79 Å². The molecule has 3 heterocycles. The number of carbonyl (C=O) groups is 1. The summed E-state index contributed by atoms with van der Waals surface area (Å²) in [4.78, 5) is 25.7. The van der Waals surface area contributed by atoms with Gasteiger partial charge in [0.25, 0.3) is 5.91 Å². The summed E-state index contributed by atoms with van der Waals surface area (Å²) in [5, 5.41) is 10.6. The highest BCUT2D eigenvalue weighted by Gasteiger charge is 2.42. The van der Waals surface area contributed by atoms with Gasteiger partial charge in [-0.1, -0.05) is 0 Å². The van der Waals surface area contributed by atoms with Crippen molar-refractivity contribution in [2.24, 2.45) is 0 Å². The van der Waals surface area contributed by atoms with Crippen molar-refractivity contribution < 1.29 is 19.1 Å². The summed E-state index contributed by atoms with van der Waals surface area (Å²) < 4.78 is 10.7. The number of hydrogen-bond donors (Lipinski definition) is 1. The summed E-state index contributed by atoms with van der Waals surface area (Å²) in [7, 11) is 0. The molecule has 1 unspecified atom stereocenters. The van der Waals surface area contributed by atoms with E-state index in [1.807, 2.05) is 4.90 Å². The second kappa shape index (κ2) is 5.94. The van der Waals surface area contributed by atoms with E-state index in [2.05, 4.69) is 0 Å². The van der Waals surface area contributed by atoms with Crippen LogP contribution in [0.4, 0.5) is 0 Å². The Kier molecular flexibility index (Phi) is 3.76. The lowest BCUT2D eigenvalue weighted by Gasteiger charge is -2.37. The smallest absolute Gasteiger partial charge is 0.336 e. The largest absolute Gasteiger partial charge is 0.484 e. The lowest BCUT2D eigenvalue weighted by Crippen LogP contribution is -2.49. The van der Waals surface area contributed by atoms with Crippen LogP contribution in [-0.4, -0.2) is 40.7 Å². The Hall–Kier alpha value is -2.34. The average Bonchev–Trinajstić information content (AvgIpc) is 2.84. The maximum atomic E-state index is 12.5. The van der Waals surface area contributed by atoms with Crippen molar-refractivity contribution in [2.45, 2.75) is 43.9 Å². The lowest BCUT2D eigenvalue weighted by molar-refractivity contribution is -0.139. The molecule has 0 aliphatic carbocycles. The van der Waals surface area contributed by atoms with Crippen molar-refractivity contribution in [3.8, 4) is 5.75 Å². The van der Waals surface area contributed by atoms with Crippen molar-refractivity contribution in [3.05, 3.63) is 40.8 Å². The average molecular weight is 329 g/mol. The Morgan fingerprint density at radius 1 is 1.21 bits per heavy atom. The van der Waals surface area contributed by atoms with Crippen LogP contribution >= 0.6 is 0 Å². The molecule has 0 spiro atoms. The van der Waals surface area contributed by atoms with Gasteiger partial charge in [0, 0.05) is 29.6 Å². The number of benzene rings is 1. The molecule has 0 radical (unpaired) electrons. The second-order valence-corrected chi connectivity index (χ2v) is 6.55. The molecule has 1 aromatic heterocycles. The first-order valence-electron chi connectivity index (χ1n) is 8.26. The van der Waals surface area contributed by atoms with Gasteiger partial charge in [-0.25, -0.2) is 4.79 Å². The quantitative estimate of drug-likeness (QED) is 0.867. The summed E-state index contributed by atoms with van der Waals surface area (Å²) in [5.41, 5.74) is 0.0211. The molecule has 2 aliphatic heterocycles. The zero-order chi connectivity index (χ0) is 16.7. The zero-order valence-corrected chi connectivity index (χ0v) is 13.2. The van der Waals surface area contributed by atoms with Crippen LogP contribution in [0.25, 0.3) is 11.0 Å². The van der Waals surface area contributed by atoms with E-state index < -0.39 is 5.63 Å². The molecule has 4 rings (SSSR count). The molecular weight excluding hydrogens is 310 g/mol. The number of carbonyl (C=O) groups excluding carboxylic acids is 1. The number of fused-ring (bicyclic) bond motifs is 3. The van der Waals surface area contributed by atoms with Gasteiger partial charge in [0.05, 0.1) is 6.10 Å². The van der Waals surface area contributed by atoms with Crippen molar-refractivity contribution in [1.29, 1.82) is 0 Å². The molecule has 3 atom stereocenters. The molecule has 2 aliphatic rings. The first-order chi connectivity index (χ1) is 11.6. The number of aliphatic hydroxyl groups is 1. The number of piperidine rings is 1. The number of aliphatic hydroxyl groups excluding tert-OH is 1. The zero-order valence-electron chi connectivity index (χ0n) is 13.2. The third kappa shape index (κ3) is 2.78. The van der Waals surface area contributed by atoms with E-state index in [1.54, 1.807) is 24.3 Å². The highest BCUT2D eigenvalue weighted by molar-refractivity contribution is 5.80. The van der Waals surface area contributed by atoms with Gasteiger partial charge in [-0.2, -0.15) is 0 Å². The molecule has 126 valence electrons. The van der Waals surface area contributed by atoms with Crippen molar-refractivity contribution in [1.82, 2.24) is 4.90 Å². The maximum absolute atomic E-state index is 12.5. The topological polar surface area (TPSA) is 80.0 Å². The number of amides is 1. The van der Waals surface area contributed by atoms with E-state index in [-0.39, 0.29) is 30.7 Å². The van der Waals surface area contributed by atoms with Crippen LogP contribution in [0, 0.1) is 0 Å². The molecule has 2 fully saturated rings. The molecule has 1 aromatic carbocycles. The SMILES string of the molecule is O=C(COc1ccc2ccc(=O)oc2c1)N1[C@@H]2CC[C@H]1CC(O)C2. The van der Waals surface area contributed by atoms with Crippen LogP contribution in [-0.2, 0) is 4.79 Å². The number of nitrogens with zero attached hydrogens (tertiary/aromatic N) is 1. The Labute approximate surface area is 138 Å². The molecule has 2 saturated heterocycles. The van der Waals surface area contributed by atoms with Crippen LogP contribution in [0.2, 0.25) is 0 Å². The van der Waals surface area contributed by atoms with Crippen molar-refractivity contribution >= 4 is 16.9 Å². The fourth-order valence-electron chi connectivity index (χ4n) is 3.91. The van der Waals surface area contributed by atoms with E-state index in [0.717, 1.165) is 18.2 Å². The first-order valence-corrected chi connectivity index (χ1v) is 8.26. The fourth-order valence-corrected chi connectivity index (χ4v) is 3.91. The standard InChI is InChI=1S/C18H19NO5/c20-14-7-12-3-4-13(8-14)19(12)17(21)10-23-15-5-1-11-2-6-18(22)24-16(11)9-15/h1-2,5-6,9,12-14,20H,3-4,7-8,10H2/t12-,13+,14?. The Morgan fingerprint density at radius 2 is 1.92 bits per heavy atom. The van der Waals surface area contributed by atoms with Gasteiger partial charge in [0.15, 0.2) is 6.61 Å². The van der Waals surface area contributed by atoms with E-state index in [9.17, 15) is 14.7 Å². The summed E-state index contributed by atoms with van der Waals surface area (Å²) >= 11 is 0. The van der Waals surface area contributed by atoms with E-state index in [1.165, 1.54) is 6.07 Å². The van der Waals surface area contributed by atoms with Gasteiger partial charge in [0.2, 0.25) is 0 Å². The number of hydrogen-bond acceptors (Lipinski definition) is 5. The minimum absolute atomic E-state index is 0.0499. The number of rotatable bonds is 3. The Bertz CT molecular complexity index is 816. The molecule has 0 saturated carbocycles. The molecule has 24 heavy (non-hydrogen) atoms. The monoisotopic (exact) mass is 329 g/mol. The highest BCUT2D eigenvalue weighted by Crippen LogP contribution is 2.35. The molecule has 2 aromatic rings. The van der Waals surface area contributed by atoms with E-state index >= 15 is 0 Å². The minimum Gasteiger partial charge on any atom is -0.484 e. The number of ether oxygens (including phenoxy) is 1. The van der Waals surface area contributed by atoms with Gasteiger partial charge in [0.1, 0.15) is 11.3 Å². The highest BCUT2D eigenvalue weighted by atomic mass is 16.5. The predicted octanol–water partition coefficient (Wildman–Crippen LogP) is 1.69. The predicted molar refractivity (Wildman–Crippen MR) is 86.9 cm³/mol. The molecule has 6 heteroatoms. The summed E-state index contributed by atoms with van der Waals surface area (Å²) in [5.74, 6) is 0.443. The molecule has 6 nitrogen and oxygen atoms in total. The minimum atomic E-state index is -0.417. The van der Waals surface area contributed by atoms with Gasteiger partial charge in [-0.05, 0) is 43.9 Å². The van der Waals surface area contributed by atoms with E-state index in [4.69, 9.17) is 9.15 Å². The normalized spacial score (nSPS) is 25.9. The molecule has 1 N–H and O–H groups in total. The first kappa shape index (κ1) is 15.2. The molecule has 1 amide bonds. The van der Waals surface area contributed by atoms with Gasteiger partial charge < -0.3 is 19.2 Å². The Morgan fingerprint density at radius 3 is 2.67 bits per heavy atom.